The lowest BCUT2D eigenvalue weighted by atomic mass is 9.93. The molecule has 1 aliphatic heterocycles. The lowest BCUT2D eigenvalue weighted by Crippen LogP contribution is -2.25. The first-order chi connectivity index (χ1) is 12.3. The average Bonchev–Trinajstić information content (AvgIpc) is 2.96. The maximum atomic E-state index is 13.9. The van der Waals surface area contributed by atoms with Gasteiger partial charge in [-0.1, -0.05) is 17.7 Å². The van der Waals surface area contributed by atoms with Crippen molar-refractivity contribution in [3.8, 4) is 0 Å². The molecule has 2 unspecified atom stereocenters. The fourth-order valence-corrected chi connectivity index (χ4v) is 4.28. The third-order valence-electron chi connectivity index (χ3n) is 4.91. The Balaban J connectivity index is 1.71. The fourth-order valence-electron chi connectivity index (χ4n) is 3.53. The molecule has 0 amide bonds. The van der Waals surface area contributed by atoms with Gasteiger partial charge in [-0.05, 0) is 67.9 Å². The molecule has 7 heteroatoms. The summed E-state index contributed by atoms with van der Waals surface area (Å²) < 4.78 is 36.9. The summed E-state index contributed by atoms with van der Waals surface area (Å²) in [6.45, 7) is 1.66. The van der Waals surface area contributed by atoms with Crippen LogP contribution in [0.15, 0.2) is 47.4 Å². The first kappa shape index (κ1) is 19.1. The standard InChI is InChI=1S/C19H22ClFN2O2S/c1-23-10-9-14(19(23)13-3-8-17(20)18(21)11-13)12-22-15-4-6-16(7-5-15)26(2,24)25/h3-8,11,14,19,22H,9-10,12H2,1-2H3. The van der Waals surface area contributed by atoms with Crippen LogP contribution in [0.5, 0.6) is 0 Å². The van der Waals surface area contributed by atoms with Crippen molar-refractivity contribution in [2.45, 2.75) is 17.4 Å². The smallest absolute Gasteiger partial charge is 0.175 e. The van der Waals surface area contributed by atoms with Gasteiger partial charge in [0, 0.05) is 24.5 Å². The summed E-state index contributed by atoms with van der Waals surface area (Å²) in [7, 11) is -1.15. The predicted molar refractivity (Wildman–Crippen MR) is 103 cm³/mol. The van der Waals surface area contributed by atoms with Gasteiger partial charge in [0.15, 0.2) is 9.84 Å². The molecular formula is C19H22ClFN2O2S. The number of benzene rings is 2. The molecule has 1 aliphatic rings. The number of nitrogens with zero attached hydrogens (tertiary/aromatic N) is 1. The Morgan fingerprint density at radius 1 is 1.23 bits per heavy atom. The molecule has 0 aliphatic carbocycles. The molecule has 0 aromatic heterocycles. The van der Waals surface area contributed by atoms with Gasteiger partial charge in [0.1, 0.15) is 5.82 Å². The molecule has 1 N–H and O–H groups in total. The minimum atomic E-state index is -3.19. The fraction of sp³-hybridized carbons (Fsp3) is 0.368. The topological polar surface area (TPSA) is 49.4 Å². The number of anilines is 1. The van der Waals surface area contributed by atoms with E-state index in [4.69, 9.17) is 11.6 Å². The van der Waals surface area contributed by atoms with E-state index < -0.39 is 15.7 Å². The molecule has 3 rings (SSSR count). The van der Waals surface area contributed by atoms with E-state index in [9.17, 15) is 12.8 Å². The quantitative estimate of drug-likeness (QED) is 0.830. The third-order valence-corrected chi connectivity index (χ3v) is 6.35. The van der Waals surface area contributed by atoms with Gasteiger partial charge < -0.3 is 5.32 Å². The lowest BCUT2D eigenvalue weighted by molar-refractivity contribution is 0.281. The number of likely N-dealkylation sites (tertiary alicyclic amines) is 1. The van der Waals surface area contributed by atoms with Crippen LogP contribution >= 0.6 is 11.6 Å². The van der Waals surface area contributed by atoms with Crippen molar-refractivity contribution in [3.05, 3.63) is 58.9 Å². The van der Waals surface area contributed by atoms with Crippen LogP contribution < -0.4 is 5.32 Å². The summed E-state index contributed by atoms with van der Waals surface area (Å²) >= 11 is 5.80. The molecular weight excluding hydrogens is 375 g/mol. The van der Waals surface area contributed by atoms with Crippen LogP contribution in [0.1, 0.15) is 18.0 Å². The Bertz CT molecular complexity index is 887. The molecule has 1 fully saturated rings. The number of rotatable bonds is 5. The van der Waals surface area contributed by atoms with Gasteiger partial charge in [-0.15, -0.1) is 0 Å². The van der Waals surface area contributed by atoms with E-state index in [0.717, 1.165) is 30.8 Å². The van der Waals surface area contributed by atoms with Crippen molar-refractivity contribution < 1.29 is 12.8 Å². The molecule has 0 saturated carbocycles. The van der Waals surface area contributed by atoms with Crippen LogP contribution in [0.3, 0.4) is 0 Å². The molecule has 2 atom stereocenters. The van der Waals surface area contributed by atoms with E-state index >= 15 is 0 Å². The first-order valence-electron chi connectivity index (χ1n) is 8.45. The van der Waals surface area contributed by atoms with E-state index in [2.05, 4.69) is 10.2 Å². The van der Waals surface area contributed by atoms with E-state index in [1.54, 1.807) is 30.3 Å². The van der Waals surface area contributed by atoms with Gasteiger partial charge in [0.05, 0.1) is 9.92 Å². The van der Waals surface area contributed by atoms with Crippen LogP contribution in [0.25, 0.3) is 0 Å². The molecule has 2 aromatic carbocycles. The highest BCUT2D eigenvalue weighted by molar-refractivity contribution is 7.90. The molecule has 0 spiro atoms. The first-order valence-corrected chi connectivity index (χ1v) is 10.7. The number of nitrogens with one attached hydrogen (secondary N) is 1. The van der Waals surface area contributed by atoms with E-state index in [0.29, 0.717) is 10.8 Å². The monoisotopic (exact) mass is 396 g/mol. The van der Waals surface area contributed by atoms with Gasteiger partial charge in [-0.2, -0.15) is 0 Å². The Hall–Kier alpha value is -1.63. The highest BCUT2D eigenvalue weighted by atomic mass is 35.5. The van der Waals surface area contributed by atoms with Gasteiger partial charge >= 0.3 is 0 Å². The second-order valence-corrected chi connectivity index (χ2v) is 9.25. The summed E-state index contributed by atoms with van der Waals surface area (Å²) in [4.78, 5) is 2.53. The Kier molecular flexibility index (Phi) is 5.55. The summed E-state index contributed by atoms with van der Waals surface area (Å²) in [5, 5.41) is 3.50. The molecule has 1 heterocycles. The van der Waals surface area contributed by atoms with Gasteiger partial charge in [-0.3, -0.25) is 4.90 Å². The number of hydrogen-bond acceptors (Lipinski definition) is 4. The molecule has 0 radical (unpaired) electrons. The minimum absolute atomic E-state index is 0.115. The minimum Gasteiger partial charge on any atom is -0.385 e. The average molecular weight is 397 g/mol. The molecule has 140 valence electrons. The maximum absolute atomic E-state index is 13.9. The lowest BCUT2D eigenvalue weighted by Gasteiger charge is -2.26. The SMILES string of the molecule is CN1CCC(CNc2ccc(S(C)(=O)=O)cc2)C1c1ccc(Cl)c(F)c1. The molecule has 2 aromatic rings. The van der Waals surface area contributed by atoms with Crippen molar-refractivity contribution in [1.29, 1.82) is 0 Å². The van der Waals surface area contributed by atoms with E-state index in [1.165, 1.54) is 12.3 Å². The van der Waals surface area contributed by atoms with Gasteiger partial charge in [0.25, 0.3) is 0 Å². The van der Waals surface area contributed by atoms with E-state index in [1.807, 2.05) is 13.1 Å². The van der Waals surface area contributed by atoms with Crippen molar-refractivity contribution in [3.63, 3.8) is 0 Å². The van der Waals surface area contributed by atoms with Crippen molar-refractivity contribution in [1.82, 2.24) is 4.90 Å². The Morgan fingerprint density at radius 2 is 1.92 bits per heavy atom. The van der Waals surface area contributed by atoms with Crippen LogP contribution in [0.4, 0.5) is 10.1 Å². The third kappa shape index (κ3) is 4.19. The van der Waals surface area contributed by atoms with Crippen LogP contribution in [-0.4, -0.2) is 39.7 Å². The molecule has 26 heavy (non-hydrogen) atoms. The zero-order valence-electron chi connectivity index (χ0n) is 14.7. The van der Waals surface area contributed by atoms with E-state index in [-0.39, 0.29) is 11.1 Å². The largest absolute Gasteiger partial charge is 0.385 e. The maximum Gasteiger partial charge on any atom is 0.175 e. The van der Waals surface area contributed by atoms with Crippen LogP contribution in [0.2, 0.25) is 5.02 Å². The number of halogens is 2. The van der Waals surface area contributed by atoms with Crippen molar-refractivity contribution >= 4 is 27.1 Å². The normalized spacial score (nSPS) is 21.1. The predicted octanol–water partition coefficient (Wildman–Crippen LogP) is 3.99. The number of hydrogen-bond donors (Lipinski definition) is 1. The van der Waals surface area contributed by atoms with Crippen molar-refractivity contribution in [2.24, 2.45) is 5.92 Å². The summed E-state index contributed by atoms with van der Waals surface area (Å²) in [5.41, 5.74) is 1.79. The summed E-state index contributed by atoms with van der Waals surface area (Å²) in [6.07, 6.45) is 2.19. The molecule has 1 saturated heterocycles. The molecule has 0 bridgehead atoms. The van der Waals surface area contributed by atoms with Crippen LogP contribution in [-0.2, 0) is 9.84 Å². The summed E-state index contributed by atoms with van der Waals surface area (Å²) in [6, 6.07) is 11.9. The zero-order valence-corrected chi connectivity index (χ0v) is 16.3. The van der Waals surface area contributed by atoms with Crippen LogP contribution in [0, 0.1) is 11.7 Å². The second-order valence-electron chi connectivity index (χ2n) is 6.83. The summed E-state index contributed by atoms with van der Waals surface area (Å²) in [5.74, 6) is -0.0808. The van der Waals surface area contributed by atoms with Crippen molar-refractivity contribution in [2.75, 3.05) is 31.7 Å². The highest BCUT2D eigenvalue weighted by Crippen LogP contribution is 2.37. The highest BCUT2D eigenvalue weighted by Gasteiger charge is 2.33. The van der Waals surface area contributed by atoms with Gasteiger partial charge in [-0.25, -0.2) is 12.8 Å². The Morgan fingerprint density at radius 3 is 2.54 bits per heavy atom. The van der Waals surface area contributed by atoms with Gasteiger partial charge in [0.2, 0.25) is 0 Å². The number of sulfone groups is 1. The molecule has 4 nitrogen and oxygen atoms in total. The Labute approximate surface area is 158 Å². The second kappa shape index (κ2) is 7.55. The zero-order chi connectivity index (χ0) is 18.9.